The third-order valence-corrected chi connectivity index (χ3v) is 4.40. The van der Waals surface area contributed by atoms with Crippen LogP contribution in [0.15, 0.2) is 73.2 Å². The predicted molar refractivity (Wildman–Crippen MR) is 111 cm³/mol. The van der Waals surface area contributed by atoms with E-state index in [4.69, 9.17) is 9.47 Å². The zero-order chi connectivity index (χ0) is 20.1. The number of rotatable bonds is 7. The van der Waals surface area contributed by atoms with Crippen molar-refractivity contribution in [3.05, 3.63) is 78.8 Å². The highest BCUT2D eigenvalue weighted by atomic mass is 16.5. The maximum atomic E-state index is 12.7. The normalized spacial score (nSPS) is 10.8. The number of pyridine rings is 1. The number of imidazole rings is 1. The Balaban J connectivity index is 1.50. The van der Waals surface area contributed by atoms with E-state index >= 15 is 0 Å². The molecule has 0 atom stereocenters. The lowest BCUT2D eigenvalue weighted by molar-refractivity contribution is 0.101. The number of hydrogen-bond donors (Lipinski definition) is 1. The number of carbonyl (C=O) groups is 1. The molecule has 0 saturated carbocycles. The monoisotopic (exact) mass is 388 g/mol. The number of para-hydroxylation sites is 2. The molecule has 0 fully saturated rings. The van der Waals surface area contributed by atoms with E-state index in [1.807, 2.05) is 53.1 Å². The van der Waals surface area contributed by atoms with E-state index in [1.54, 1.807) is 31.8 Å². The summed E-state index contributed by atoms with van der Waals surface area (Å²) in [6.07, 6.45) is 3.38. The standard InChI is InChI=1S/C22H20N4O3/c1-28-13-14-29-22-18(5-4-12-23-22)21(27)25-16-8-10-17(11-9-16)26-15-24-19-6-2-3-7-20(19)26/h2-12,15H,13-14H2,1H3,(H,25,27). The smallest absolute Gasteiger partial charge is 0.261 e. The minimum atomic E-state index is -0.286. The number of aromatic nitrogens is 3. The fraction of sp³-hybridized carbons (Fsp3) is 0.136. The molecule has 0 bridgehead atoms. The van der Waals surface area contributed by atoms with Crippen LogP contribution >= 0.6 is 0 Å². The van der Waals surface area contributed by atoms with E-state index in [1.165, 1.54) is 0 Å². The van der Waals surface area contributed by atoms with Gasteiger partial charge in [-0.05, 0) is 48.5 Å². The first-order valence-corrected chi connectivity index (χ1v) is 9.17. The molecule has 4 aromatic rings. The first-order valence-electron chi connectivity index (χ1n) is 9.17. The molecular weight excluding hydrogens is 368 g/mol. The molecule has 7 nitrogen and oxygen atoms in total. The van der Waals surface area contributed by atoms with E-state index in [0.29, 0.717) is 24.5 Å². The Morgan fingerprint density at radius 1 is 1.00 bits per heavy atom. The van der Waals surface area contributed by atoms with Crippen LogP contribution in [0.25, 0.3) is 16.7 Å². The molecule has 0 spiro atoms. The molecule has 1 amide bonds. The molecule has 0 aliphatic rings. The molecule has 0 radical (unpaired) electrons. The Bertz CT molecular complexity index is 1120. The maximum absolute atomic E-state index is 12.7. The third-order valence-electron chi connectivity index (χ3n) is 4.40. The van der Waals surface area contributed by atoms with Crippen LogP contribution in [0.3, 0.4) is 0 Å². The fourth-order valence-corrected chi connectivity index (χ4v) is 2.97. The van der Waals surface area contributed by atoms with Gasteiger partial charge >= 0.3 is 0 Å². The van der Waals surface area contributed by atoms with Crippen LogP contribution in [-0.4, -0.2) is 40.8 Å². The van der Waals surface area contributed by atoms with Gasteiger partial charge in [-0.15, -0.1) is 0 Å². The molecule has 2 heterocycles. The second kappa shape index (κ2) is 8.53. The first-order chi connectivity index (χ1) is 14.3. The van der Waals surface area contributed by atoms with Gasteiger partial charge in [0.2, 0.25) is 5.88 Å². The topological polar surface area (TPSA) is 78.3 Å². The average molecular weight is 388 g/mol. The van der Waals surface area contributed by atoms with E-state index in [9.17, 15) is 4.79 Å². The molecule has 4 rings (SSSR count). The summed E-state index contributed by atoms with van der Waals surface area (Å²) >= 11 is 0. The highest BCUT2D eigenvalue weighted by Crippen LogP contribution is 2.21. The van der Waals surface area contributed by atoms with Crippen molar-refractivity contribution >= 4 is 22.6 Å². The highest BCUT2D eigenvalue weighted by Gasteiger charge is 2.14. The number of anilines is 1. The number of methoxy groups -OCH3 is 1. The molecular formula is C22H20N4O3. The zero-order valence-electron chi connectivity index (χ0n) is 15.9. The average Bonchev–Trinajstić information content (AvgIpc) is 3.19. The highest BCUT2D eigenvalue weighted by molar-refractivity contribution is 6.05. The van der Waals surface area contributed by atoms with Crippen molar-refractivity contribution in [2.45, 2.75) is 0 Å². The Morgan fingerprint density at radius 2 is 1.83 bits per heavy atom. The Morgan fingerprint density at radius 3 is 2.66 bits per heavy atom. The van der Waals surface area contributed by atoms with Crippen LogP contribution < -0.4 is 10.1 Å². The van der Waals surface area contributed by atoms with Crippen molar-refractivity contribution in [2.24, 2.45) is 0 Å². The minimum Gasteiger partial charge on any atom is -0.475 e. The van der Waals surface area contributed by atoms with Gasteiger partial charge in [0.1, 0.15) is 18.5 Å². The first kappa shape index (κ1) is 18.6. The number of nitrogens with one attached hydrogen (secondary N) is 1. The van der Waals surface area contributed by atoms with Gasteiger partial charge in [0.15, 0.2) is 0 Å². The molecule has 0 aliphatic heterocycles. The van der Waals surface area contributed by atoms with Crippen molar-refractivity contribution in [1.82, 2.24) is 14.5 Å². The Kier molecular flexibility index (Phi) is 5.49. The van der Waals surface area contributed by atoms with Crippen molar-refractivity contribution in [3.63, 3.8) is 0 Å². The van der Waals surface area contributed by atoms with Crippen molar-refractivity contribution in [3.8, 4) is 11.6 Å². The van der Waals surface area contributed by atoms with Gasteiger partial charge in [-0.25, -0.2) is 9.97 Å². The van der Waals surface area contributed by atoms with Gasteiger partial charge in [0.25, 0.3) is 5.91 Å². The minimum absolute atomic E-state index is 0.281. The SMILES string of the molecule is COCCOc1ncccc1C(=O)Nc1ccc(-n2cnc3ccccc32)cc1. The number of ether oxygens (including phenoxy) is 2. The van der Waals surface area contributed by atoms with Gasteiger partial charge in [0, 0.05) is 24.7 Å². The molecule has 146 valence electrons. The maximum Gasteiger partial charge on any atom is 0.261 e. The van der Waals surface area contributed by atoms with Gasteiger partial charge in [0.05, 0.1) is 17.6 Å². The van der Waals surface area contributed by atoms with Gasteiger partial charge in [-0.2, -0.15) is 0 Å². The van der Waals surface area contributed by atoms with Crippen LogP contribution in [0.1, 0.15) is 10.4 Å². The molecule has 1 N–H and O–H groups in total. The Hall–Kier alpha value is -3.71. The Labute approximate surface area is 167 Å². The molecule has 2 aromatic heterocycles. The quantitative estimate of drug-likeness (QED) is 0.489. The summed E-state index contributed by atoms with van der Waals surface area (Å²) in [4.78, 5) is 21.2. The van der Waals surface area contributed by atoms with E-state index in [-0.39, 0.29) is 11.8 Å². The van der Waals surface area contributed by atoms with Gasteiger partial charge in [-0.3, -0.25) is 9.36 Å². The van der Waals surface area contributed by atoms with Crippen LogP contribution in [-0.2, 0) is 4.74 Å². The molecule has 0 saturated heterocycles. The number of benzene rings is 2. The summed E-state index contributed by atoms with van der Waals surface area (Å²) in [5.41, 5.74) is 3.96. The van der Waals surface area contributed by atoms with Gasteiger partial charge in [-0.1, -0.05) is 12.1 Å². The lowest BCUT2D eigenvalue weighted by Crippen LogP contribution is -2.15. The number of nitrogens with zero attached hydrogens (tertiary/aromatic N) is 3. The summed E-state index contributed by atoms with van der Waals surface area (Å²) in [6.45, 7) is 0.739. The van der Waals surface area contributed by atoms with Crippen LogP contribution in [0.4, 0.5) is 5.69 Å². The number of amides is 1. The third kappa shape index (κ3) is 4.09. The second-order valence-electron chi connectivity index (χ2n) is 6.30. The number of carbonyl (C=O) groups excluding carboxylic acids is 1. The summed E-state index contributed by atoms with van der Waals surface area (Å²) in [5.74, 6) is -0.00472. The lowest BCUT2D eigenvalue weighted by Gasteiger charge is -2.11. The molecule has 0 aliphatic carbocycles. The second-order valence-corrected chi connectivity index (χ2v) is 6.30. The van der Waals surface area contributed by atoms with Crippen LogP contribution in [0, 0.1) is 0 Å². The number of fused-ring (bicyclic) bond motifs is 1. The lowest BCUT2D eigenvalue weighted by atomic mass is 10.2. The van der Waals surface area contributed by atoms with E-state index in [2.05, 4.69) is 15.3 Å². The van der Waals surface area contributed by atoms with Crippen LogP contribution in [0.2, 0.25) is 0 Å². The largest absolute Gasteiger partial charge is 0.475 e. The van der Waals surface area contributed by atoms with Crippen LogP contribution in [0.5, 0.6) is 5.88 Å². The fourth-order valence-electron chi connectivity index (χ4n) is 2.97. The van der Waals surface area contributed by atoms with E-state index in [0.717, 1.165) is 16.7 Å². The van der Waals surface area contributed by atoms with Gasteiger partial charge < -0.3 is 14.8 Å². The summed E-state index contributed by atoms with van der Waals surface area (Å²) in [5, 5.41) is 2.88. The summed E-state index contributed by atoms with van der Waals surface area (Å²) in [6, 6.07) is 18.9. The van der Waals surface area contributed by atoms with Crippen molar-refractivity contribution in [2.75, 3.05) is 25.6 Å². The molecule has 29 heavy (non-hydrogen) atoms. The number of hydrogen-bond acceptors (Lipinski definition) is 5. The van der Waals surface area contributed by atoms with Crippen molar-refractivity contribution in [1.29, 1.82) is 0 Å². The molecule has 2 aromatic carbocycles. The zero-order valence-corrected chi connectivity index (χ0v) is 15.9. The predicted octanol–water partition coefficient (Wildman–Crippen LogP) is 3.70. The van der Waals surface area contributed by atoms with E-state index < -0.39 is 0 Å². The molecule has 0 unspecified atom stereocenters. The molecule has 7 heteroatoms. The summed E-state index contributed by atoms with van der Waals surface area (Å²) < 4.78 is 12.5. The van der Waals surface area contributed by atoms with Crippen molar-refractivity contribution < 1.29 is 14.3 Å². The summed E-state index contributed by atoms with van der Waals surface area (Å²) in [7, 11) is 1.59.